The van der Waals surface area contributed by atoms with Gasteiger partial charge in [0.2, 0.25) is 0 Å². The van der Waals surface area contributed by atoms with Gasteiger partial charge in [0.05, 0.1) is 4.21 Å². The Morgan fingerprint density at radius 1 is 1.14 bits per heavy atom. The summed E-state index contributed by atoms with van der Waals surface area (Å²) in [5, 5.41) is 6.21. The van der Waals surface area contributed by atoms with Gasteiger partial charge < -0.3 is 0 Å². The van der Waals surface area contributed by atoms with Gasteiger partial charge in [-0.05, 0) is 40.8 Å². The maximum Gasteiger partial charge on any atom is 0.0567 e. The quantitative estimate of drug-likeness (QED) is 0.611. The largest absolute Gasteiger partial charge is 0.152 e. The summed E-state index contributed by atoms with van der Waals surface area (Å²) in [6.07, 6.45) is 0. The zero-order valence-electron chi connectivity index (χ0n) is 8.73. The first-order valence-electron chi connectivity index (χ1n) is 4.50. The van der Waals surface area contributed by atoms with Crippen molar-refractivity contribution in [3.05, 3.63) is 39.9 Å². The van der Waals surface area contributed by atoms with E-state index in [1.807, 2.05) is 31.4 Å². The van der Waals surface area contributed by atoms with E-state index in [4.69, 9.17) is 0 Å². The lowest BCUT2D eigenvalue weighted by atomic mass is 10.4. The van der Waals surface area contributed by atoms with Crippen LogP contribution >= 0.6 is 35.3 Å². The molecule has 0 aliphatic carbocycles. The highest BCUT2D eigenvalue weighted by Gasteiger charge is 1.76. The monoisotopic (exact) mass is 244 g/mol. The fourth-order valence-corrected chi connectivity index (χ4v) is 1.99. The van der Waals surface area contributed by atoms with Gasteiger partial charge in [-0.25, -0.2) is 0 Å². The number of thiophene rings is 2. The minimum atomic E-state index is 1.08. The van der Waals surface area contributed by atoms with Gasteiger partial charge in [-0.3, -0.25) is 0 Å². The Morgan fingerprint density at radius 2 is 1.86 bits per heavy atom. The van der Waals surface area contributed by atoms with Gasteiger partial charge in [-0.2, -0.15) is 11.3 Å². The first-order chi connectivity index (χ1) is 6.79. The maximum absolute atomic E-state index is 4.05. The smallest absolute Gasteiger partial charge is 0.0567 e. The van der Waals surface area contributed by atoms with Crippen LogP contribution in [0.2, 0.25) is 0 Å². The van der Waals surface area contributed by atoms with Crippen molar-refractivity contribution in [3.63, 3.8) is 0 Å². The van der Waals surface area contributed by atoms with Crippen LogP contribution in [0.15, 0.2) is 38.5 Å². The molecule has 0 atom stereocenters. The van der Waals surface area contributed by atoms with E-state index in [1.165, 1.54) is 5.56 Å². The molecule has 0 saturated carbocycles. The highest BCUT2D eigenvalue weighted by Crippen LogP contribution is 2.11. The van der Waals surface area contributed by atoms with Crippen LogP contribution in [-0.2, 0) is 0 Å². The van der Waals surface area contributed by atoms with Crippen molar-refractivity contribution in [3.8, 4) is 0 Å². The molecule has 0 aromatic carbocycles. The lowest BCUT2D eigenvalue weighted by molar-refractivity contribution is 1.50. The van der Waals surface area contributed by atoms with Gasteiger partial charge >= 0.3 is 0 Å². The average molecular weight is 244 g/mol. The van der Waals surface area contributed by atoms with Gasteiger partial charge in [-0.15, -0.1) is 24.0 Å². The summed E-state index contributed by atoms with van der Waals surface area (Å²) in [6.45, 7) is 6.09. The highest BCUT2D eigenvalue weighted by atomic mass is 32.2. The van der Waals surface area contributed by atoms with Crippen LogP contribution in [-0.4, -0.2) is 0 Å². The second-order valence-corrected chi connectivity index (χ2v) is 4.76. The summed E-state index contributed by atoms with van der Waals surface area (Å²) in [6, 6.07) is 6.05. The third-order valence-corrected chi connectivity index (χ3v) is 3.11. The summed E-state index contributed by atoms with van der Waals surface area (Å²) < 4.78 is 1.08. The Balaban J connectivity index is 0.000000206. The zero-order valence-corrected chi connectivity index (χ0v) is 11.3. The van der Waals surface area contributed by atoms with E-state index >= 15 is 0 Å². The molecule has 14 heavy (non-hydrogen) atoms. The summed E-state index contributed by atoms with van der Waals surface area (Å²) in [5.74, 6) is 0. The molecule has 0 aliphatic heterocycles. The summed E-state index contributed by atoms with van der Waals surface area (Å²) in [7, 11) is 0. The first-order valence-corrected chi connectivity index (χ1v) is 6.77. The number of aryl methyl sites for hydroxylation is 1. The third kappa shape index (κ3) is 7.18. The Kier molecular flexibility index (Phi) is 9.14. The van der Waals surface area contributed by atoms with E-state index in [0.29, 0.717) is 0 Å². The predicted octanol–water partition coefficient (Wildman–Crippen LogP) is 5.12. The molecule has 0 fully saturated rings. The van der Waals surface area contributed by atoms with Crippen LogP contribution in [0.4, 0.5) is 0 Å². The van der Waals surface area contributed by atoms with Gasteiger partial charge in [0.15, 0.2) is 0 Å². The molecule has 78 valence electrons. The zero-order chi connectivity index (χ0) is 10.8. The first kappa shape index (κ1) is 13.8. The Labute approximate surface area is 100 Å². The molecule has 0 spiro atoms. The van der Waals surface area contributed by atoms with E-state index in [-0.39, 0.29) is 0 Å². The number of thiol groups is 1. The van der Waals surface area contributed by atoms with Crippen LogP contribution in [0, 0.1) is 6.92 Å². The molecule has 0 unspecified atom stereocenters. The Hall–Kier alpha value is -0.250. The fourth-order valence-electron chi connectivity index (χ4n) is 0.602. The second-order valence-electron chi connectivity index (χ2n) is 2.25. The molecule has 2 aromatic rings. The maximum atomic E-state index is 4.05. The highest BCUT2D eigenvalue weighted by molar-refractivity contribution is 7.82. The van der Waals surface area contributed by atoms with E-state index in [2.05, 4.69) is 36.4 Å². The molecule has 0 N–H and O–H groups in total. The minimum Gasteiger partial charge on any atom is -0.152 e. The van der Waals surface area contributed by atoms with Gasteiger partial charge in [0.1, 0.15) is 0 Å². The van der Waals surface area contributed by atoms with Crippen molar-refractivity contribution < 1.29 is 0 Å². The normalized spacial score (nSPS) is 8.00. The molecule has 0 bridgehead atoms. The minimum absolute atomic E-state index is 1.08. The van der Waals surface area contributed by atoms with Crippen molar-refractivity contribution in [1.82, 2.24) is 0 Å². The second kappa shape index (κ2) is 9.31. The molecular formula is C11H16S3. The average Bonchev–Trinajstić information content (AvgIpc) is 2.83. The van der Waals surface area contributed by atoms with E-state index in [9.17, 15) is 0 Å². The Bertz CT molecular complexity index is 250. The van der Waals surface area contributed by atoms with Gasteiger partial charge in [-0.1, -0.05) is 19.9 Å². The molecule has 0 aliphatic rings. The van der Waals surface area contributed by atoms with Crippen molar-refractivity contribution in [2.75, 3.05) is 0 Å². The topological polar surface area (TPSA) is 0 Å². The van der Waals surface area contributed by atoms with Gasteiger partial charge in [0, 0.05) is 0 Å². The van der Waals surface area contributed by atoms with Crippen LogP contribution in [0.3, 0.4) is 0 Å². The predicted molar refractivity (Wildman–Crippen MR) is 72.0 cm³/mol. The number of hydrogen-bond acceptors (Lipinski definition) is 3. The molecule has 0 radical (unpaired) electrons. The van der Waals surface area contributed by atoms with E-state index in [1.54, 1.807) is 22.7 Å². The van der Waals surface area contributed by atoms with Crippen LogP contribution in [0.25, 0.3) is 0 Å². The number of hydrogen-bond donors (Lipinski definition) is 1. The van der Waals surface area contributed by atoms with Crippen LogP contribution < -0.4 is 0 Å². The lowest BCUT2D eigenvalue weighted by Gasteiger charge is -1.65. The fraction of sp³-hybridized carbons (Fsp3) is 0.273. The van der Waals surface area contributed by atoms with Crippen molar-refractivity contribution in [2.45, 2.75) is 25.0 Å². The van der Waals surface area contributed by atoms with Gasteiger partial charge in [0.25, 0.3) is 0 Å². The molecule has 0 nitrogen and oxygen atoms in total. The standard InChI is InChI=1S/C5H6S.C4H4S2.C2H6/c1-5-2-3-6-4-5;5-4-2-1-3-6-4;1-2/h2-4H,1H3;1-3,5H;1-2H3. The SMILES string of the molecule is CC.Cc1ccsc1.Sc1cccs1. The Morgan fingerprint density at radius 3 is 2.00 bits per heavy atom. The number of rotatable bonds is 0. The van der Waals surface area contributed by atoms with E-state index < -0.39 is 0 Å². The molecule has 2 heterocycles. The van der Waals surface area contributed by atoms with Crippen molar-refractivity contribution in [1.29, 1.82) is 0 Å². The lowest BCUT2D eigenvalue weighted by Crippen LogP contribution is -1.47. The molecule has 2 aromatic heterocycles. The van der Waals surface area contributed by atoms with E-state index in [0.717, 1.165) is 4.21 Å². The third-order valence-electron chi connectivity index (χ3n) is 1.17. The van der Waals surface area contributed by atoms with Crippen LogP contribution in [0.5, 0.6) is 0 Å². The van der Waals surface area contributed by atoms with Crippen molar-refractivity contribution in [2.24, 2.45) is 0 Å². The molecule has 3 heteroatoms. The van der Waals surface area contributed by atoms with Crippen molar-refractivity contribution >= 4 is 35.3 Å². The molecule has 0 saturated heterocycles. The summed E-state index contributed by atoms with van der Waals surface area (Å²) in [4.78, 5) is 0. The van der Waals surface area contributed by atoms with Crippen LogP contribution in [0.1, 0.15) is 19.4 Å². The molecule has 0 amide bonds. The summed E-state index contributed by atoms with van der Waals surface area (Å²) >= 11 is 7.44. The summed E-state index contributed by atoms with van der Waals surface area (Å²) in [5.41, 5.74) is 1.36. The molecule has 2 rings (SSSR count). The molecular weight excluding hydrogens is 228 g/mol.